The zero-order valence-corrected chi connectivity index (χ0v) is 23.6. The molecule has 0 radical (unpaired) electrons. The lowest BCUT2D eigenvalue weighted by molar-refractivity contribution is -0.144. The molecule has 1 aliphatic heterocycles. The summed E-state index contributed by atoms with van der Waals surface area (Å²) in [4.78, 5) is 55.7. The van der Waals surface area contributed by atoms with Crippen LogP contribution in [0.5, 0.6) is 5.75 Å². The van der Waals surface area contributed by atoms with E-state index >= 15 is 0 Å². The molecule has 20 heteroatoms. The number of pyridine rings is 1. The van der Waals surface area contributed by atoms with Crippen LogP contribution in [-0.2, 0) is 27.4 Å². The molecule has 0 bridgehead atoms. The fourth-order valence-electron chi connectivity index (χ4n) is 3.79. The van der Waals surface area contributed by atoms with Gasteiger partial charge in [0.2, 0.25) is 5.43 Å². The number of nitrogens with two attached hydrogens (primary N) is 1. The summed E-state index contributed by atoms with van der Waals surface area (Å²) in [6, 6.07) is 3.86. The summed E-state index contributed by atoms with van der Waals surface area (Å²) in [5.74, 6) is -3.14. The Balaban J connectivity index is 1.41. The van der Waals surface area contributed by atoms with Gasteiger partial charge in [-0.25, -0.2) is 18.2 Å². The molecule has 3 amide bonds. The largest absolute Gasteiger partial charge is 0.503 e. The molecule has 11 N–H and O–H groups in total. The van der Waals surface area contributed by atoms with Crippen molar-refractivity contribution in [2.45, 2.75) is 23.5 Å². The number of rotatable bonds is 11. The number of carbonyl (C=O) groups excluding carboxylic acids is 3. The third-order valence-electron chi connectivity index (χ3n) is 5.94. The zero-order chi connectivity index (χ0) is 30.8. The number of nitrogen functional groups attached to an aromatic ring is 1. The minimum Gasteiger partial charge on any atom is -0.503 e. The molecule has 1 saturated heterocycles. The molecule has 3 unspecified atom stereocenters. The van der Waals surface area contributed by atoms with Crippen LogP contribution < -0.4 is 26.5 Å². The number of hydrogen-bond acceptors (Lipinski definition) is 13. The van der Waals surface area contributed by atoms with Gasteiger partial charge in [0.1, 0.15) is 17.4 Å². The molecule has 1 fully saturated rings. The molecule has 3 atom stereocenters. The van der Waals surface area contributed by atoms with Crippen molar-refractivity contribution in [1.82, 2.24) is 29.6 Å². The number of β-lactam (4-membered cyclic amide) rings is 1. The number of nitrogens with zero attached hydrogens (tertiary/aromatic N) is 2. The third-order valence-corrected chi connectivity index (χ3v) is 8.86. The van der Waals surface area contributed by atoms with Gasteiger partial charge in [0, 0.05) is 35.4 Å². The lowest BCUT2D eigenvalue weighted by atomic mass is 9.98. The van der Waals surface area contributed by atoms with Gasteiger partial charge in [-0.15, -0.1) is 22.1 Å². The van der Waals surface area contributed by atoms with Crippen molar-refractivity contribution in [3.8, 4) is 5.75 Å². The summed E-state index contributed by atoms with van der Waals surface area (Å²) in [6.07, 6.45) is 1.05. The van der Waals surface area contributed by atoms with E-state index in [4.69, 9.17) is 11.1 Å². The number of benzene rings is 1. The van der Waals surface area contributed by atoms with Crippen molar-refractivity contribution in [1.29, 1.82) is 5.41 Å². The summed E-state index contributed by atoms with van der Waals surface area (Å²) in [5.41, 5.74) is 4.47. The predicted molar refractivity (Wildman–Crippen MR) is 152 cm³/mol. The van der Waals surface area contributed by atoms with Gasteiger partial charge in [0.05, 0.1) is 17.5 Å². The number of hydrogen-bond donors (Lipinski definition) is 10. The van der Waals surface area contributed by atoms with Crippen molar-refractivity contribution >= 4 is 61.9 Å². The smallest absolute Gasteiger partial charge is 0.272 e. The summed E-state index contributed by atoms with van der Waals surface area (Å²) in [5, 5.41) is 23.6. The Labute approximate surface area is 244 Å². The Morgan fingerprint density at radius 1 is 1.26 bits per heavy atom. The number of nitrogens with one attached hydrogen (secondary N) is 5. The van der Waals surface area contributed by atoms with Gasteiger partial charge in [-0.3, -0.25) is 38.2 Å². The molecular weight excluding hydrogens is 616 g/mol. The molecule has 42 heavy (non-hydrogen) atoms. The number of aromatic hydroxyl groups is 1. The van der Waals surface area contributed by atoms with Crippen molar-refractivity contribution in [2.24, 2.45) is 0 Å². The predicted octanol–water partition coefficient (Wildman–Crippen LogP) is -0.436. The van der Waals surface area contributed by atoms with Crippen LogP contribution in [0.1, 0.15) is 21.7 Å². The van der Waals surface area contributed by atoms with Gasteiger partial charge in [-0.05, 0) is 18.2 Å². The lowest BCUT2D eigenvalue weighted by Crippen LogP contribution is -2.73. The van der Waals surface area contributed by atoms with E-state index in [2.05, 4.69) is 25.3 Å². The Kier molecular flexibility index (Phi) is 9.06. The topological polar surface area (TPSA) is 284 Å². The normalized spacial score (nSPS) is 17.7. The molecule has 0 aliphatic carbocycles. The first-order valence-corrected chi connectivity index (χ1v) is 15.1. The number of anilines is 1. The van der Waals surface area contributed by atoms with Crippen LogP contribution in [0.2, 0.25) is 0 Å². The Morgan fingerprint density at radius 2 is 2.00 bits per heavy atom. The zero-order valence-electron chi connectivity index (χ0n) is 21.1. The molecule has 3 heterocycles. The average molecular weight is 641 g/mol. The Morgan fingerprint density at radius 3 is 2.64 bits per heavy atom. The van der Waals surface area contributed by atoms with Crippen molar-refractivity contribution < 1.29 is 37.4 Å². The highest BCUT2D eigenvalue weighted by atomic mass is 32.3. The molecule has 224 valence electrons. The third kappa shape index (κ3) is 6.65. The Hall–Kier alpha value is -4.18. The maximum absolute atomic E-state index is 12.9. The molecule has 17 nitrogen and oxygen atoms in total. The fraction of sp³-hybridized carbons (Fsp3) is 0.182. The minimum absolute atomic E-state index is 0.0223. The van der Waals surface area contributed by atoms with Crippen molar-refractivity contribution in [3.05, 3.63) is 69.1 Å². The molecule has 1 aromatic carbocycles. The number of aromatic nitrogens is 2. The average Bonchev–Trinajstić information content (AvgIpc) is 3.39. The van der Waals surface area contributed by atoms with E-state index in [1.807, 2.05) is 0 Å². The summed E-state index contributed by atoms with van der Waals surface area (Å²) >= 11 is -1.76. The second-order valence-corrected chi connectivity index (χ2v) is 12.3. The van der Waals surface area contributed by atoms with Crippen LogP contribution in [0, 0.1) is 5.41 Å². The van der Waals surface area contributed by atoms with Crippen molar-refractivity contribution in [3.63, 3.8) is 0 Å². The lowest BCUT2D eigenvalue weighted by Gasteiger charge is -2.44. The molecule has 2 aromatic heterocycles. The van der Waals surface area contributed by atoms with E-state index in [1.165, 1.54) is 29.6 Å². The first-order valence-electron chi connectivity index (χ1n) is 11.6. The van der Waals surface area contributed by atoms with Gasteiger partial charge >= 0.3 is 0 Å². The van der Waals surface area contributed by atoms with Crippen LogP contribution in [0.15, 0.2) is 51.6 Å². The molecule has 3 aromatic rings. The van der Waals surface area contributed by atoms with Gasteiger partial charge in [-0.2, -0.15) is 0 Å². The molecule has 1 aliphatic rings. The van der Waals surface area contributed by atoms with E-state index in [9.17, 15) is 42.2 Å². The fourth-order valence-corrected chi connectivity index (χ4v) is 6.12. The molecule has 4 rings (SSSR count). The Bertz CT molecular complexity index is 1640. The van der Waals surface area contributed by atoms with Crippen LogP contribution in [0.4, 0.5) is 5.13 Å². The molecule has 0 spiro atoms. The maximum Gasteiger partial charge on any atom is 0.272 e. The standard InChI is InChI=1S/C22H24N8O9S3/c23-17(13-9-40-22(24)28-13)20(34)29-18-14(30(21(18)35)41(36)37)7-26-19(33)10-2-1-3-12(4-10)42(38,39)27-6-11-5-15(31)16(32)8-25-11/h1-5,8-9,14,18,23,27,32,38-39H,6-7H2,(H2,24,28)(H,25,31)(H,26,33)(H,29,34)(H,36,37). The van der Waals surface area contributed by atoms with Gasteiger partial charge < -0.3 is 26.5 Å². The molecular formula is C22H24N8O9S3. The summed E-state index contributed by atoms with van der Waals surface area (Å²) in [6.45, 7) is -0.579. The monoisotopic (exact) mass is 640 g/mol. The quantitative estimate of drug-likeness (QED) is 0.0725. The van der Waals surface area contributed by atoms with E-state index in [-0.39, 0.29) is 40.1 Å². The van der Waals surface area contributed by atoms with Crippen LogP contribution >= 0.6 is 22.1 Å². The second-order valence-electron chi connectivity index (χ2n) is 8.67. The minimum atomic E-state index is -3.66. The highest BCUT2D eigenvalue weighted by Gasteiger charge is 2.51. The maximum atomic E-state index is 12.9. The van der Waals surface area contributed by atoms with Gasteiger partial charge in [-0.1, -0.05) is 6.07 Å². The summed E-state index contributed by atoms with van der Waals surface area (Å²) < 4.78 is 45.4. The number of carbonyl (C=O) groups is 3. The SMILES string of the molecule is N=C(C(=O)NC1C(=O)N(S(=O)O)C1CNC(=O)c1cccc(S(O)(O)NCc2cc(=O)c(O)c[nH]2)c1)c1csc(N)n1. The highest BCUT2D eigenvalue weighted by molar-refractivity contribution is 8.22. The second kappa shape index (κ2) is 12.4. The van der Waals surface area contributed by atoms with Crippen LogP contribution in [0.3, 0.4) is 0 Å². The van der Waals surface area contributed by atoms with E-state index in [1.54, 1.807) is 0 Å². The number of thiazole rings is 1. The van der Waals surface area contributed by atoms with Crippen molar-refractivity contribution in [2.75, 3.05) is 12.3 Å². The van der Waals surface area contributed by atoms with Gasteiger partial charge in [0.15, 0.2) is 10.9 Å². The first-order chi connectivity index (χ1) is 19.8. The van der Waals surface area contributed by atoms with E-state index < -0.39 is 68.7 Å². The van der Waals surface area contributed by atoms with E-state index in [0.717, 1.165) is 23.6 Å². The molecule has 0 saturated carbocycles. The number of H-pyrrole nitrogens is 1. The first kappa shape index (κ1) is 30.8. The van der Waals surface area contributed by atoms with Gasteiger partial charge in [0.25, 0.3) is 29.0 Å². The van der Waals surface area contributed by atoms with E-state index in [0.29, 0.717) is 4.31 Å². The van der Waals surface area contributed by atoms with Crippen LogP contribution in [-0.4, -0.2) is 79.3 Å². The number of aromatic amines is 1. The van der Waals surface area contributed by atoms with Crippen LogP contribution in [0.25, 0.3) is 0 Å². The summed E-state index contributed by atoms with van der Waals surface area (Å²) in [7, 11) is -3.66. The highest BCUT2D eigenvalue weighted by Crippen LogP contribution is 2.44. The number of amides is 3.